The molecule has 0 unspecified atom stereocenters. The van der Waals surface area contributed by atoms with Crippen LogP contribution in [0.5, 0.6) is 0 Å². The minimum absolute atomic E-state index is 0.140. The molecule has 0 heterocycles. The van der Waals surface area contributed by atoms with Gasteiger partial charge < -0.3 is 10.7 Å². The number of benzene rings is 1. The zero-order valence-corrected chi connectivity index (χ0v) is 8.05. The Kier molecular flexibility index (Phi) is 3.41. The largest absolute Gasteiger partial charge is 0.329 e. The quantitative estimate of drug-likeness (QED) is 0.382. The fourth-order valence-electron chi connectivity index (χ4n) is 0.749. The van der Waals surface area contributed by atoms with Crippen LogP contribution < -0.4 is 16.6 Å². The van der Waals surface area contributed by atoms with Gasteiger partial charge in [0.2, 0.25) is 0 Å². The molecule has 0 aliphatic carbocycles. The number of rotatable bonds is 1. The highest BCUT2D eigenvalue weighted by Gasteiger charge is 2.03. The first-order valence-corrected chi connectivity index (χ1v) is 4.15. The number of hydrogen-bond acceptors (Lipinski definition) is 2. The van der Waals surface area contributed by atoms with Gasteiger partial charge in [0.15, 0.2) is 5.11 Å². The molecule has 0 aliphatic rings. The van der Waals surface area contributed by atoms with Gasteiger partial charge in [-0.05, 0) is 30.4 Å². The lowest BCUT2D eigenvalue weighted by atomic mass is 10.3. The molecule has 3 nitrogen and oxygen atoms in total. The topological polar surface area (TPSA) is 50.1 Å². The van der Waals surface area contributed by atoms with Crippen molar-refractivity contribution in [1.82, 2.24) is 5.43 Å². The number of thiocarbonyl (C=S) groups is 1. The third kappa shape index (κ3) is 2.80. The lowest BCUT2D eigenvalue weighted by Gasteiger charge is -2.07. The molecule has 1 rings (SSSR count). The van der Waals surface area contributed by atoms with Gasteiger partial charge in [0.1, 0.15) is 5.82 Å². The van der Waals surface area contributed by atoms with Gasteiger partial charge in [-0.15, -0.1) is 0 Å². The van der Waals surface area contributed by atoms with E-state index in [0.717, 1.165) is 0 Å². The molecule has 0 aromatic heterocycles. The highest BCUT2D eigenvalue weighted by molar-refractivity contribution is 7.80. The lowest BCUT2D eigenvalue weighted by Crippen LogP contribution is -2.34. The second-order valence-corrected chi connectivity index (χ2v) is 3.07. The summed E-state index contributed by atoms with van der Waals surface area (Å²) in [6.07, 6.45) is 0. The van der Waals surface area contributed by atoms with Crippen LogP contribution in [0.15, 0.2) is 18.2 Å². The normalized spacial score (nSPS) is 9.46. The van der Waals surface area contributed by atoms with Gasteiger partial charge in [-0.25, -0.2) is 10.2 Å². The molecule has 70 valence electrons. The number of nitrogens with two attached hydrogens (primary N) is 1. The van der Waals surface area contributed by atoms with Crippen LogP contribution in [-0.2, 0) is 0 Å². The van der Waals surface area contributed by atoms with Crippen LogP contribution in [0.3, 0.4) is 0 Å². The summed E-state index contributed by atoms with van der Waals surface area (Å²) >= 11 is 10.2. The molecular weight excluding hydrogens is 213 g/mol. The maximum atomic E-state index is 13.1. The molecule has 13 heavy (non-hydrogen) atoms. The van der Waals surface area contributed by atoms with Gasteiger partial charge in [0.05, 0.1) is 5.69 Å². The maximum Gasteiger partial charge on any atom is 0.185 e. The molecular formula is C7H7ClFN3S. The number of halogens is 2. The molecule has 0 bridgehead atoms. The van der Waals surface area contributed by atoms with Crippen LogP contribution in [0.25, 0.3) is 0 Å². The molecule has 1 aromatic rings. The van der Waals surface area contributed by atoms with Crippen LogP contribution in [0, 0.1) is 5.82 Å². The first-order valence-electron chi connectivity index (χ1n) is 3.36. The van der Waals surface area contributed by atoms with Crippen molar-refractivity contribution < 1.29 is 4.39 Å². The molecule has 0 fully saturated rings. The Morgan fingerprint density at radius 2 is 2.23 bits per heavy atom. The van der Waals surface area contributed by atoms with E-state index in [4.69, 9.17) is 17.4 Å². The first-order chi connectivity index (χ1) is 6.13. The van der Waals surface area contributed by atoms with Gasteiger partial charge in [0.25, 0.3) is 0 Å². The average molecular weight is 220 g/mol. The standard InChI is InChI=1S/C7H7ClFN3S/c8-4-1-2-6(5(9)3-4)11-7(13)12-10/h1-3H,10H2,(H2,11,12,13). The van der Waals surface area contributed by atoms with Crippen molar-refractivity contribution in [3.05, 3.63) is 29.0 Å². The Balaban J connectivity index is 2.83. The van der Waals surface area contributed by atoms with E-state index in [0.29, 0.717) is 5.02 Å². The van der Waals surface area contributed by atoms with E-state index < -0.39 is 5.82 Å². The van der Waals surface area contributed by atoms with Crippen molar-refractivity contribution in [1.29, 1.82) is 0 Å². The highest BCUT2D eigenvalue weighted by Crippen LogP contribution is 2.18. The predicted molar refractivity (Wildman–Crippen MR) is 55.0 cm³/mol. The fraction of sp³-hybridized carbons (Fsp3) is 0. The van der Waals surface area contributed by atoms with Crippen molar-refractivity contribution in [3.8, 4) is 0 Å². The molecule has 0 radical (unpaired) electrons. The van der Waals surface area contributed by atoms with Gasteiger partial charge in [-0.2, -0.15) is 0 Å². The summed E-state index contributed by atoms with van der Waals surface area (Å²) in [7, 11) is 0. The van der Waals surface area contributed by atoms with E-state index in [9.17, 15) is 4.39 Å². The smallest absolute Gasteiger partial charge is 0.185 e. The van der Waals surface area contributed by atoms with Gasteiger partial charge >= 0.3 is 0 Å². The highest BCUT2D eigenvalue weighted by atomic mass is 35.5. The summed E-state index contributed by atoms with van der Waals surface area (Å²) in [6.45, 7) is 0. The average Bonchev–Trinajstić information content (AvgIpc) is 2.09. The Morgan fingerprint density at radius 3 is 2.77 bits per heavy atom. The second kappa shape index (κ2) is 4.36. The van der Waals surface area contributed by atoms with Crippen molar-refractivity contribution in [2.24, 2.45) is 5.84 Å². The molecule has 0 spiro atoms. The van der Waals surface area contributed by atoms with Crippen LogP contribution in [0.2, 0.25) is 5.02 Å². The van der Waals surface area contributed by atoms with E-state index in [-0.39, 0.29) is 10.8 Å². The molecule has 0 saturated heterocycles. The third-order valence-electron chi connectivity index (χ3n) is 1.31. The van der Waals surface area contributed by atoms with Gasteiger partial charge in [-0.1, -0.05) is 11.6 Å². The van der Waals surface area contributed by atoms with Gasteiger partial charge in [0, 0.05) is 5.02 Å². The Labute approximate surface area is 85.0 Å². The van der Waals surface area contributed by atoms with Gasteiger partial charge in [-0.3, -0.25) is 0 Å². The van der Waals surface area contributed by atoms with E-state index in [1.807, 2.05) is 0 Å². The Bertz CT molecular complexity index is 332. The molecule has 0 amide bonds. The third-order valence-corrected chi connectivity index (χ3v) is 1.77. The SMILES string of the molecule is NNC(=S)Nc1ccc(Cl)cc1F. The maximum absolute atomic E-state index is 13.1. The summed E-state index contributed by atoms with van der Waals surface area (Å²) in [5, 5.41) is 3.02. The molecule has 6 heteroatoms. The lowest BCUT2D eigenvalue weighted by molar-refractivity contribution is 0.632. The molecule has 0 atom stereocenters. The molecule has 0 aliphatic heterocycles. The van der Waals surface area contributed by atoms with Crippen molar-refractivity contribution in [3.63, 3.8) is 0 Å². The number of hydrazine groups is 1. The molecule has 4 N–H and O–H groups in total. The molecule has 0 saturated carbocycles. The van der Waals surface area contributed by atoms with Crippen LogP contribution >= 0.6 is 23.8 Å². The zero-order chi connectivity index (χ0) is 9.84. The van der Waals surface area contributed by atoms with Crippen molar-refractivity contribution in [2.75, 3.05) is 5.32 Å². The summed E-state index contributed by atoms with van der Waals surface area (Å²) < 4.78 is 13.1. The van der Waals surface area contributed by atoms with E-state index in [2.05, 4.69) is 23.0 Å². The first kappa shape index (κ1) is 10.2. The van der Waals surface area contributed by atoms with Crippen molar-refractivity contribution >= 4 is 34.6 Å². The fourth-order valence-corrected chi connectivity index (χ4v) is 1.02. The Hall–Kier alpha value is -0.910. The number of hydrogen-bond donors (Lipinski definition) is 3. The van der Waals surface area contributed by atoms with E-state index in [1.165, 1.54) is 12.1 Å². The summed E-state index contributed by atoms with van der Waals surface area (Å²) in [5.41, 5.74) is 2.40. The summed E-state index contributed by atoms with van der Waals surface area (Å²) in [5.74, 6) is 4.52. The number of nitrogens with one attached hydrogen (secondary N) is 2. The van der Waals surface area contributed by atoms with Crippen LogP contribution in [0.1, 0.15) is 0 Å². The van der Waals surface area contributed by atoms with E-state index >= 15 is 0 Å². The zero-order valence-electron chi connectivity index (χ0n) is 6.47. The minimum atomic E-state index is -0.481. The minimum Gasteiger partial charge on any atom is -0.329 e. The summed E-state index contributed by atoms with van der Waals surface area (Å²) in [4.78, 5) is 0. The summed E-state index contributed by atoms with van der Waals surface area (Å²) in [6, 6.07) is 4.20. The van der Waals surface area contributed by atoms with Crippen molar-refractivity contribution in [2.45, 2.75) is 0 Å². The monoisotopic (exact) mass is 219 g/mol. The predicted octanol–water partition coefficient (Wildman–Crippen LogP) is 1.64. The second-order valence-electron chi connectivity index (χ2n) is 2.22. The number of anilines is 1. The Morgan fingerprint density at radius 1 is 1.54 bits per heavy atom. The van der Waals surface area contributed by atoms with Crippen LogP contribution in [-0.4, -0.2) is 5.11 Å². The molecule has 1 aromatic carbocycles. The van der Waals surface area contributed by atoms with E-state index in [1.54, 1.807) is 6.07 Å². The van der Waals surface area contributed by atoms with Crippen LogP contribution in [0.4, 0.5) is 10.1 Å².